The number of carbonyl (C=O) groups is 2. The predicted molar refractivity (Wildman–Crippen MR) is 117 cm³/mol. The Bertz CT molecular complexity index is 868. The highest BCUT2D eigenvalue weighted by Gasteiger charge is 2.30. The van der Waals surface area contributed by atoms with Crippen LogP contribution in [-0.2, 0) is 24.2 Å². The first kappa shape index (κ1) is 21.6. The van der Waals surface area contributed by atoms with Crippen molar-refractivity contribution in [1.82, 2.24) is 14.8 Å². The van der Waals surface area contributed by atoms with Gasteiger partial charge in [-0.05, 0) is 43.9 Å². The van der Waals surface area contributed by atoms with Gasteiger partial charge in [0, 0.05) is 49.6 Å². The van der Waals surface area contributed by atoms with Gasteiger partial charge in [-0.1, -0.05) is 30.3 Å². The molecule has 1 aromatic heterocycles. The predicted octanol–water partition coefficient (Wildman–Crippen LogP) is 3.15. The first-order chi connectivity index (χ1) is 13.6. The normalized spacial score (nSPS) is 16.7. The zero-order valence-electron chi connectivity index (χ0n) is 17.1. The molecule has 2 aromatic rings. The van der Waals surface area contributed by atoms with Crippen molar-refractivity contribution in [2.45, 2.75) is 45.6 Å². The summed E-state index contributed by atoms with van der Waals surface area (Å²) < 4.78 is 2.27. The number of fused-ring (bicyclic) bond motifs is 1. The minimum atomic E-state index is 0. The summed E-state index contributed by atoms with van der Waals surface area (Å²) in [6, 6.07) is 10.3. The molecule has 0 radical (unpaired) electrons. The molecular formula is C23H30ClN3O2. The first-order valence-electron chi connectivity index (χ1n) is 10.4. The number of benzene rings is 1. The maximum atomic E-state index is 13.0. The molecule has 1 fully saturated rings. The molecule has 0 spiro atoms. The van der Waals surface area contributed by atoms with E-state index in [0.717, 1.165) is 74.5 Å². The molecule has 1 aliphatic carbocycles. The Morgan fingerprint density at radius 2 is 1.86 bits per heavy atom. The maximum absolute atomic E-state index is 13.0. The van der Waals surface area contributed by atoms with Crippen molar-refractivity contribution < 1.29 is 9.59 Å². The summed E-state index contributed by atoms with van der Waals surface area (Å²) in [4.78, 5) is 27.8. The first-order valence-corrected chi connectivity index (χ1v) is 10.4. The molecule has 1 saturated heterocycles. The van der Waals surface area contributed by atoms with Gasteiger partial charge >= 0.3 is 0 Å². The Kier molecular flexibility index (Phi) is 7.14. The Morgan fingerprint density at radius 3 is 2.66 bits per heavy atom. The fraction of sp³-hybridized carbons (Fsp3) is 0.478. The third kappa shape index (κ3) is 4.57. The fourth-order valence-corrected chi connectivity index (χ4v) is 4.54. The van der Waals surface area contributed by atoms with Gasteiger partial charge in [0.1, 0.15) is 0 Å². The molecule has 156 valence electrons. The quantitative estimate of drug-likeness (QED) is 0.834. The summed E-state index contributed by atoms with van der Waals surface area (Å²) in [5.74, 6) is 0.348. The average molecular weight is 416 g/mol. The lowest BCUT2D eigenvalue weighted by Gasteiger charge is -2.20. The number of Topliss-reactive ketones (excluding diaryl/α,β-unsaturated/α-hetero) is 1. The monoisotopic (exact) mass is 415 g/mol. The van der Waals surface area contributed by atoms with E-state index in [1.165, 1.54) is 5.56 Å². The van der Waals surface area contributed by atoms with Crippen LogP contribution in [0.2, 0.25) is 0 Å². The topological polar surface area (TPSA) is 54.3 Å². The number of nitrogens with zero attached hydrogens (tertiary/aromatic N) is 2. The number of rotatable bonds is 4. The second-order valence-electron chi connectivity index (χ2n) is 7.90. The molecule has 2 aliphatic rings. The third-order valence-corrected chi connectivity index (χ3v) is 6.06. The number of aromatic nitrogens is 1. The van der Waals surface area contributed by atoms with Crippen molar-refractivity contribution in [3.63, 3.8) is 0 Å². The van der Waals surface area contributed by atoms with Crippen molar-refractivity contribution in [2.24, 2.45) is 0 Å². The van der Waals surface area contributed by atoms with Crippen LogP contribution in [0, 0.1) is 6.92 Å². The minimum Gasteiger partial charge on any atom is -0.343 e. The van der Waals surface area contributed by atoms with Gasteiger partial charge in [0.05, 0.1) is 6.42 Å². The summed E-state index contributed by atoms with van der Waals surface area (Å²) in [6.45, 7) is 6.18. The Labute approximate surface area is 178 Å². The van der Waals surface area contributed by atoms with Gasteiger partial charge in [-0.2, -0.15) is 0 Å². The molecule has 0 atom stereocenters. The molecule has 1 amide bonds. The van der Waals surface area contributed by atoms with Crippen molar-refractivity contribution in [3.8, 4) is 0 Å². The molecule has 6 heteroatoms. The Balaban J connectivity index is 0.00000240. The van der Waals surface area contributed by atoms with E-state index in [4.69, 9.17) is 0 Å². The van der Waals surface area contributed by atoms with Crippen LogP contribution in [0.4, 0.5) is 0 Å². The van der Waals surface area contributed by atoms with E-state index < -0.39 is 0 Å². The summed E-state index contributed by atoms with van der Waals surface area (Å²) in [7, 11) is 0. The molecule has 5 nitrogen and oxygen atoms in total. The number of hydrogen-bond acceptors (Lipinski definition) is 3. The van der Waals surface area contributed by atoms with Gasteiger partial charge in [-0.15, -0.1) is 12.4 Å². The number of hydrogen-bond donors (Lipinski definition) is 1. The third-order valence-electron chi connectivity index (χ3n) is 6.06. The molecule has 2 heterocycles. The number of nitrogens with one attached hydrogen (secondary N) is 1. The zero-order valence-corrected chi connectivity index (χ0v) is 17.9. The molecule has 0 unspecified atom stereocenters. The molecular weight excluding hydrogens is 386 g/mol. The maximum Gasteiger partial charge on any atom is 0.227 e. The summed E-state index contributed by atoms with van der Waals surface area (Å²) in [6.07, 6.45) is 3.72. The van der Waals surface area contributed by atoms with Gasteiger partial charge in [0.15, 0.2) is 5.78 Å². The van der Waals surface area contributed by atoms with E-state index in [0.29, 0.717) is 12.8 Å². The average Bonchev–Trinajstić information content (AvgIpc) is 2.89. The smallest absolute Gasteiger partial charge is 0.227 e. The Morgan fingerprint density at radius 1 is 1.07 bits per heavy atom. The van der Waals surface area contributed by atoms with Crippen LogP contribution in [0.1, 0.15) is 52.1 Å². The van der Waals surface area contributed by atoms with E-state index in [1.54, 1.807) is 0 Å². The molecule has 1 aliphatic heterocycles. The van der Waals surface area contributed by atoms with Crippen LogP contribution >= 0.6 is 12.4 Å². The minimum absolute atomic E-state index is 0. The zero-order chi connectivity index (χ0) is 19.5. The largest absolute Gasteiger partial charge is 0.343 e. The molecule has 29 heavy (non-hydrogen) atoms. The van der Waals surface area contributed by atoms with Gasteiger partial charge in [-0.25, -0.2) is 0 Å². The second kappa shape index (κ2) is 9.59. The van der Waals surface area contributed by atoms with Crippen LogP contribution in [-0.4, -0.2) is 47.3 Å². The van der Waals surface area contributed by atoms with E-state index in [9.17, 15) is 9.59 Å². The van der Waals surface area contributed by atoms with E-state index in [-0.39, 0.29) is 24.1 Å². The molecule has 4 rings (SSSR count). The van der Waals surface area contributed by atoms with Gasteiger partial charge in [0.2, 0.25) is 5.91 Å². The van der Waals surface area contributed by atoms with Crippen LogP contribution in [0.15, 0.2) is 30.3 Å². The summed E-state index contributed by atoms with van der Waals surface area (Å²) in [5.41, 5.74) is 5.21. The van der Waals surface area contributed by atoms with Crippen LogP contribution in [0.3, 0.4) is 0 Å². The SMILES string of the molecule is Cc1c(CC(=O)N2CCCNCC2)c2c(n1Cc1ccccc1)CCCC2=O.Cl. The van der Waals surface area contributed by atoms with Crippen LogP contribution in [0.25, 0.3) is 0 Å². The number of halogens is 1. The summed E-state index contributed by atoms with van der Waals surface area (Å²) >= 11 is 0. The number of carbonyl (C=O) groups excluding carboxylic acids is 2. The molecule has 1 N–H and O–H groups in total. The van der Waals surface area contributed by atoms with E-state index in [2.05, 4.69) is 28.9 Å². The lowest BCUT2D eigenvalue weighted by atomic mass is 9.92. The van der Waals surface area contributed by atoms with Crippen LogP contribution < -0.4 is 5.32 Å². The summed E-state index contributed by atoms with van der Waals surface area (Å²) in [5, 5.41) is 3.34. The molecule has 1 aromatic carbocycles. The van der Waals surface area contributed by atoms with Gasteiger partial charge < -0.3 is 14.8 Å². The molecule has 0 bridgehead atoms. The highest BCUT2D eigenvalue weighted by molar-refractivity contribution is 6.01. The second-order valence-corrected chi connectivity index (χ2v) is 7.90. The lowest BCUT2D eigenvalue weighted by molar-refractivity contribution is -0.130. The van der Waals surface area contributed by atoms with E-state index in [1.807, 2.05) is 23.1 Å². The fourth-order valence-electron chi connectivity index (χ4n) is 4.54. The molecule has 0 saturated carbocycles. The standard InChI is InChI=1S/C23H29N3O2.ClH/c1-17-19(15-22(28)25-13-6-11-24-12-14-25)23-20(9-5-10-21(23)27)26(17)16-18-7-3-2-4-8-18;/h2-4,7-8,24H,5-6,9-16H2,1H3;1H. The van der Waals surface area contributed by atoms with Crippen molar-refractivity contribution in [1.29, 1.82) is 0 Å². The van der Waals surface area contributed by atoms with E-state index >= 15 is 0 Å². The Hall–Kier alpha value is -2.11. The van der Waals surface area contributed by atoms with Crippen molar-refractivity contribution in [2.75, 3.05) is 26.2 Å². The van der Waals surface area contributed by atoms with Crippen molar-refractivity contribution in [3.05, 3.63) is 58.4 Å². The highest BCUT2D eigenvalue weighted by Crippen LogP contribution is 2.31. The number of ketones is 1. The highest BCUT2D eigenvalue weighted by atomic mass is 35.5. The van der Waals surface area contributed by atoms with Crippen LogP contribution in [0.5, 0.6) is 0 Å². The van der Waals surface area contributed by atoms with Crippen molar-refractivity contribution >= 4 is 24.1 Å². The lowest BCUT2D eigenvalue weighted by Crippen LogP contribution is -2.35. The van der Waals surface area contributed by atoms with Gasteiger partial charge in [-0.3, -0.25) is 9.59 Å². The number of amides is 1. The van der Waals surface area contributed by atoms with Gasteiger partial charge in [0.25, 0.3) is 0 Å².